The average Bonchev–Trinajstić information content (AvgIpc) is 3.14. The highest BCUT2D eigenvalue weighted by molar-refractivity contribution is 6.04. The molecule has 0 amide bonds. The Morgan fingerprint density at radius 2 is 1.38 bits per heavy atom. The fourth-order valence-corrected chi connectivity index (χ4v) is 10.8. The Morgan fingerprint density at radius 1 is 0.698 bits per heavy atom. The van der Waals surface area contributed by atoms with Gasteiger partial charge in [-0.3, -0.25) is 0 Å². The van der Waals surface area contributed by atoms with Crippen molar-refractivity contribution >= 4 is 27.1 Å². The van der Waals surface area contributed by atoms with Gasteiger partial charge in [0.15, 0.2) is 24.5 Å². The number of hydrogen-bond donors (Lipinski definition) is 0. The van der Waals surface area contributed by atoms with E-state index in [0.717, 1.165) is 87.8 Å². The molecule has 3 aliphatic rings. The van der Waals surface area contributed by atoms with E-state index in [0.29, 0.717) is 6.54 Å². The first-order valence-corrected chi connectivity index (χ1v) is 19.7. The molecule has 0 saturated carbocycles. The Labute approximate surface area is 312 Å². The standard InChI is InChI=1S/C49H50F2N2/c1-9-12-14-30-27-32-22-26-53-46-41(32)36(28-30)48(7,8)44-38(51)20-18-33(42(44)46)34(49(53,10-2)11-3)23-25-52-24-21-31-15-13-16-35-40(31)45(52)39-29(4)17-19-37(50)43(39)47(35,5)6/h13,15-24,26-28H,9-12,14,25H2,1-8H3/q+2. The lowest BCUT2D eigenvalue weighted by atomic mass is 9.64. The molecule has 9 rings (SSSR count). The zero-order chi connectivity index (χ0) is 37.2. The van der Waals surface area contributed by atoms with Crippen molar-refractivity contribution in [2.75, 3.05) is 0 Å². The van der Waals surface area contributed by atoms with Crippen molar-refractivity contribution in [3.63, 3.8) is 0 Å². The van der Waals surface area contributed by atoms with Crippen molar-refractivity contribution in [1.82, 2.24) is 0 Å². The number of benzene rings is 4. The Balaban J connectivity index is 1.32. The lowest BCUT2D eigenvalue weighted by molar-refractivity contribution is -0.741. The molecule has 4 aromatic carbocycles. The van der Waals surface area contributed by atoms with Crippen LogP contribution in [0.25, 0.3) is 49.6 Å². The summed E-state index contributed by atoms with van der Waals surface area (Å²) in [5.41, 5.74) is 11.6. The molecule has 0 bridgehead atoms. The highest BCUT2D eigenvalue weighted by Gasteiger charge is 2.53. The second kappa shape index (κ2) is 11.6. The molecule has 0 N–H and O–H groups in total. The predicted octanol–water partition coefficient (Wildman–Crippen LogP) is 11.7. The van der Waals surface area contributed by atoms with Crippen LogP contribution in [0.15, 0.2) is 85.2 Å². The molecule has 2 aliphatic carbocycles. The van der Waals surface area contributed by atoms with Crippen LogP contribution in [0.1, 0.15) is 113 Å². The number of unbranched alkanes of at least 4 members (excludes halogenated alkanes) is 1. The summed E-state index contributed by atoms with van der Waals surface area (Å²) >= 11 is 0. The molecule has 3 heterocycles. The number of fused-ring (bicyclic) bond motifs is 2. The van der Waals surface area contributed by atoms with Crippen LogP contribution in [0.5, 0.6) is 0 Å². The van der Waals surface area contributed by atoms with E-state index in [-0.39, 0.29) is 17.2 Å². The fraction of sp³-hybridized carbons (Fsp3) is 0.347. The van der Waals surface area contributed by atoms with E-state index in [1.54, 1.807) is 12.1 Å². The van der Waals surface area contributed by atoms with Gasteiger partial charge in [-0.05, 0) is 76.6 Å². The Kier molecular flexibility index (Phi) is 7.49. The van der Waals surface area contributed by atoms with Crippen LogP contribution in [-0.4, -0.2) is 0 Å². The minimum Gasteiger partial charge on any atom is -0.207 e. The quantitative estimate of drug-likeness (QED) is 0.146. The molecular formula is C49H50F2N2+2. The molecule has 2 nitrogen and oxygen atoms in total. The van der Waals surface area contributed by atoms with Gasteiger partial charge in [0.05, 0.1) is 21.9 Å². The van der Waals surface area contributed by atoms with Crippen LogP contribution < -0.4 is 9.13 Å². The molecule has 2 aromatic heterocycles. The molecule has 0 unspecified atom stereocenters. The number of allylic oxidation sites excluding steroid dienone is 2. The van der Waals surface area contributed by atoms with Crippen LogP contribution in [0.3, 0.4) is 0 Å². The molecule has 4 heteroatoms. The number of aromatic nitrogens is 2. The minimum absolute atomic E-state index is 0.139. The van der Waals surface area contributed by atoms with Gasteiger partial charge >= 0.3 is 0 Å². The summed E-state index contributed by atoms with van der Waals surface area (Å²) in [6, 6.07) is 23.0. The largest absolute Gasteiger partial charge is 0.222 e. The molecule has 0 atom stereocenters. The van der Waals surface area contributed by atoms with Gasteiger partial charge in [-0.2, -0.15) is 9.13 Å². The third kappa shape index (κ3) is 4.41. The summed E-state index contributed by atoms with van der Waals surface area (Å²) in [5.74, 6) is -0.299. The smallest absolute Gasteiger partial charge is 0.207 e. The zero-order valence-electron chi connectivity index (χ0n) is 32.5. The fourth-order valence-electron chi connectivity index (χ4n) is 10.8. The molecule has 0 spiro atoms. The van der Waals surface area contributed by atoms with Gasteiger partial charge in [-0.1, -0.05) is 97.4 Å². The first kappa shape index (κ1) is 34.1. The third-order valence-corrected chi connectivity index (χ3v) is 13.5. The van der Waals surface area contributed by atoms with Crippen LogP contribution >= 0.6 is 0 Å². The van der Waals surface area contributed by atoms with Gasteiger partial charge in [0.2, 0.25) is 11.4 Å². The number of hydrogen-bond acceptors (Lipinski definition) is 0. The topological polar surface area (TPSA) is 7.76 Å². The molecule has 6 aromatic rings. The summed E-state index contributed by atoms with van der Waals surface area (Å²) < 4.78 is 37.3. The van der Waals surface area contributed by atoms with Crippen molar-refractivity contribution in [3.8, 4) is 22.5 Å². The maximum atomic E-state index is 16.5. The van der Waals surface area contributed by atoms with Crippen molar-refractivity contribution in [2.45, 2.75) is 110 Å². The lowest BCUT2D eigenvalue weighted by Gasteiger charge is -2.42. The van der Waals surface area contributed by atoms with Crippen molar-refractivity contribution < 1.29 is 17.9 Å². The van der Waals surface area contributed by atoms with Gasteiger partial charge in [-0.15, -0.1) is 0 Å². The molecule has 268 valence electrons. The van der Waals surface area contributed by atoms with Gasteiger partial charge in [-0.25, -0.2) is 8.78 Å². The normalized spacial score (nSPS) is 17.4. The van der Waals surface area contributed by atoms with E-state index in [9.17, 15) is 0 Å². The summed E-state index contributed by atoms with van der Waals surface area (Å²) in [6.45, 7) is 18.3. The van der Waals surface area contributed by atoms with Gasteiger partial charge in [0.1, 0.15) is 11.6 Å². The van der Waals surface area contributed by atoms with E-state index in [1.807, 2.05) is 12.1 Å². The van der Waals surface area contributed by atoms with Gasteiger partial charge in [0.25, 0.3) is 0 Å². The highest BCUT2D eigenvalue weighted by atomic mass is 19.1. The highest BCUT2D eigenvalue weighted by Crippen LogP contribution is 2.56. The molecule has 53 heavy (non-hydrogen) atoms. The van der Waals surface area contributed by atoms with E-state index in [1.165, 1.54) is 32.9 Å². The number of nitrogens with zero attached hydrogens (tertiary/aromatic N) is 2. The van der Waals surface area contributed by atoms with E-state index in [4.69, 9.17) is 0 Å². The molecule has 1 aliphatic heterocycles. The van der Waals surface area contributed by atoms with E-state index >= 15 is 8.78 Å². The third-order valence-electron chi connectivity index (χ3n) is 13.5. The maximum Gasteiger partial charge on any atom is 0.222 e. The summed E-state index contributed by atoms with van der Waals surface area (Å²) in [5, 5.41) is 4.87. The van der Waals surface area contributed by atoms with Crippen LogP contribution in [0.4, 0.5) is 8.78 Å². The van der Waals surface area contributed by atoms with Gasteiger partial charge in [0, 0.05) is 52.5 Å². The van der Waals surface area contributed by atoms with E-state index in [2.05, 4.69) is 125 Å². The summed E-state index contributed by atoms with van der Waals surface area (Å²) in [4.78, 5) is 0. The average molecular weight is 705 g/mol. The lowest BCUT2D eigenvalue weighted by Crippen LogP contribution is -2.60. The Hall–Kier alpha value is -4.70. The monoisotopic (exact) mass is 704 g/mol. The van der Waals surface area contributed by atoms with Crippen molar-refractivity contribution in [3.05, 3.63) is 136 Å². The molecule has 0 fully saturated rings. The SMILES string of the molecule is CCCCc1cc2c3c4[n+](ccc3c1)C(CC)(CC)C(=CC[n+]1ccc3cccc5c3c1-c1c(C)ccc(F)c1C5(C)C)c1ccc(F)c(c1-4)C2(C)C. The Bertz CT molecular complexity index is 2580. The number of aryl methyl sites for hydroxylation is 2. The van der Waals surface area contributed by atoms with E-state index < -0.39 is 10.8 Å². The van der Waals surface area contributed by atoms with Crippen molar-refractivity contribution in [2.24, 2.45) is 0 Å². The van der Waals surface area contributed by atoms with Crippen LogP contribution in [-0.2, 0) is 29.3 Å². The summed E-state index contributed by atoms with van der Waals surface area (Å²) in [7, 11) is 0. The second-order valence-electron chi connectivity index (χ2n) is 16.9. The molecule has 0 saturated heterocycles. The summed E-state index contributed by atoms with van der Waals surface area (Å²) in [6.07, 6.45) is 11.9. The van der Waals surface area contributed by atoms with Crippen LogP contribution in [0.2, 0.25) is 0 Å². The van der Waals surface area contributed by atoms with Crippen molar-refractivity contribution in [1.29, 1.82) is 0 Å². The minimum atomic E-state index is -0.516. The first-order valence-electron chi connectivity index (χ1n) is 19.7. The Morgan fingerprint density at radius 3 is 2.11 bits per heavy atom. The predicted molar refractivity (Wildman–Crippen MR) is 213 cm³/mol. The molecular weight excluding hydrogens is 655 g/mol. The molecule has 0 radical (unpaired) electrons. The van der Waals surface area contributed by atoms with Crippen LogP contribution in [0, 0.1) is 18.6 Å². The zero-order valence-corrected chi connectivity index (χ0v) is 32.5. The maximum absolute atomic E-state index is 16.5. The number of halogens is 2. The number of pyridine rings is 2. The number of rotatable bonds is 7. The first-order chi connectivity index (χ1) is 25.4. The van der Waals surface area contributed by atoms with Gasteiger partial charge < -0.3 is 0 Å². The second-order valence-corrected chi connectivity index (χ2v) is 16.9.